The van der Waals surface area contributed by atoms with Gasteiger partial charge in [0.2, 0.25) is 0 Å². The summed E-state index contributed by atoms with van der Waals surface area (Å²) in [6.07, 6.45) is 4.58. The fourth-order valence-corrected chi connectivity index (χ4v) is 3.92. The standard InChI is InChI=1S/C23H31FN4O3/c1-2-3-4-11-25-22(29)23(30)26-17-20(21-6-5-16-31-21)28-14-12-27(13-15-28)19-9-7-18(24)8-10-19/h5-10,16,20H,2-4,11-15,17H2,1H3,(H,25,29)(H,26,30)/p+1/t20-/m0/s1. The Balaban J connectivity index is 1.54. The lowest BCUT2D eigenvalue weighted by Gasteiger charge is -2.37. The maximum atomic E-state index is 13.2. The first-order valence-corrected chi connectivity index (χ1v) is 11.0. The summed E-state index contributed by atoms with van der Waals surface area (Å²) in [4.78, 5) is 27.7. The number of carbonyl (C=O) groups is 2. The molecule has 3 rings (SSSR count). The highest BCUT2D eigenvalue weighted by molar-refractivity contribution is 6.35. The van der Waals surface area contributed by atoms with Gasteiger partial charge in [-0.3, -0.25) is 9.59 Å². The molecule has 7 nitrogen and oxygen atoms in total. The molecule has 1 aliphatic rings. The Labute approximate surface area is 182 Å². The molecule has 0 spiro atoms. The Morgan fingerprint density at radius 2 is 1.81 bits per heavy atom. The highest BCUT2D eigenvalue weighted by Gasteiger charge is 2.31. The Morgan fingerprint density at radius 3 is 2.45 bits per heavy atom. The quantitative estimate of drug-likeness (QED) is 0.413. The Hall–Kier alpha value is -2.87. The van der Waals surface area contributed by atoms with Gasteiger partial charge in [-0.2, -0.15) is 0 Å². The van der Waals surface area contributed by atoms with Crippen molar-refractivity contribution in [2.45, 2.75) is 32.2 Å². The molecule has 1 atom stereocenters. The monoisotopic (exact) mass is 431 g/mol. The van der Waals surface area contributed by atoms with Crippen LogP contribution in [-0.4, -0.2) is 51.1 Å². The van der Waals surface area contributed by atoms with Crippen molar-refractivity contribution < 1.29 is 23.3 Å². The molecule has 0 unspecified atom stereocenters. The zero-order valence-electron chi connectivity index (χ0n) is 18.0. The topological polar surface area (TPSA) is 79.0 Å². The van der Waals surface area contributed by atoms with Crippen molar-refractivity contribution >= 4 is 17.5 Å². The van der Waals surface area contributed by atoms with Gasteiger partial charge in [-0.15, -0.1) is 0 Å². The van der Waals surface area contributed by atoms with Crippen LogP contribution < -0.4 is 20.4 Å². The number of amides is 2. The minimum Gasteiger partial charge on any atom is -0.463 e. The minimum atomic E-state index is -0.614. The average molecular weight is 432 g/mol. The summed E-state index contributed by atoms with van der Waals surface area (Å²) in [5, 5.41) is 5.44. The molecule has 2 heterocycles. The molecule has 2 aromatic rings. The number of piperazine rings is 1. The first kappa shape index (κ1) is 22.8. The van der Waals surface area contributed by atoms with Crippen molar-refractivity contribution in [3.05, 3.63) is 54.2 Å². The van der Waals surface area contributed by atoms with E-state index in [2.05, 4.69) is 22.5 Å². The highest BCUT2D eigenvalue weighted by atomic mass is 19.1. The van der Waals surface area contributed by atoms with E-state index >= 15 is 0 Å². The largest absolute Gasteiger partial charge is 0.463 e. The van der Waals surface area contributed by atoms with Gasteiger partial charge in [0, 0.05) is 12.2 Å². The average Bonchev–Trinajstić information content (AvgIpc) is 3.32. The number of benzene rings is 1. The molecule has 168 valence electrons. The molecule has 0 saturated carbocycles. The van der Waals surface area contributed by atoms with Crippen LogP contribution in [-0.2, 0) is 9.59 Å². The van der Waals surface area contributed by atoms with Crippen molar-refractivity contribution in [3.63, 3.8) is 0 Å². The molecule has 1 aliphatic heterocycles. The smallest absolute Gasteiger partial charge is 0.309 e. The van der Waals surface area contributed by atoms with E-state index in [0.29, 0.717) is 13.1 Å². The highest BCUT2D eigenvalue weighted by Crippen LogP contribution is 2.16. The summed E-state index contributed by atoms with van der Waals surface area (Å²) in [6.45, 7) is 6.21. The van der Waals surface area contributed by atoms with Crippen molar-refractivity contribution in [1.29, 1.82) is 0 Å². The van der Waals surface area contributed by atoms with Gasteiger partial charge in [-0.05, 0) is 42.8 Å². The van der Waals surface area contributed by atoms with Gasteiger partial charge in [0.05, 0.1) is 39.0 Å². The molecule has 0 bridgehead atoms. The van der Waals surface area contributed by atoms with Gasteiger partial charge in [0.25, 0.3) is 0 Å². The number of hydrogen-bond acceptors (Lipinski definition) is 4. The number of anilines is 1. The molecular formula is C23H32FN4O3+. The predicted molar refractivity (Wildman–Crippen MR) is 116 cm³/mol. The number of halogens is 1. The normalized spacial score (nSPS) is 15.5. The van der Waals surface area contributed by atoms with Crippen LogP contribution in [0.4, 0.5) is 10.1 Å². The number of furan rings is 1. The first-order chi connectivity index (χ1) is 15.1. The predicted octanol–water partition coefficient (Wildman–Crippen LogP) is 1.29. The summed E-state index contributed by atoms with van der Waals surface area (Å²) in [5.41, 5.74) is 1.00. The van der Waals surface area contributed by atoms with E-state index in [1.54, 1.807) is 18.4 Å². The number of nitrogens with one attached hydrogen (secondary N) is 3. The molecular weight excluding hydrogens is 399 g/mol. The van der Waals surface area contributed by atoms with Crippen molar-refractivity contribution in [1.82, 2.24) is 10.6 Å². The molecule has 0 radical (unpaired) electrons. The number of carbonyl (C=O) groups excluding carboxylic acids is 2. The lowest BCUT2D eigenvalue weighted by Crippen LogP contribution is -3.15. The zero-order chi connectivity index (χ0) is 22.1. The van der Waals surface area contributed by atoms with Crippen molar-refractivity contribution in [3.8, 4) is 0 Å². The molecule has 3 N–H and O–H groups in total. The molecule has 1 fully saturated rings. The van der Waals surface area contributed by atoms with Gasteiger partial charge >= 0.3 is 11.8 Å². The maximum absolute atomic E-state index is 13.2. The number of rotatable bonds is 9. The van der Waals surface area contributed by atoms with Gasteiger partial charge < -0.3 is 24.9 Å². The lowest BCUT2D eigenvalue weighted by atomic mass is 10.1. The molecule has 2 amide bonds. The van der Waals surface area contributed by atoms with Crippen LogP contribution in [0.1, 0.15) is 38.0 Å². The number of nitrogens with zero attached hydrogens (tertiary/aromatic N) is 1. The van der Waals surface area contributed by atoms with Crippen LogP contribution in [0.3, 0.4) is 0 Å². The Bertz CT molecular complexity index is 818. The van der Waals surface area contributed by atoms with Gasteiger partial charge in [-0.1, -0.05) is 19.8 Å². The number of unbranched alkanes of at least 4 members (excludes halogenated alkanes) is 2. The zero-order valence-corrected chi connectivity index (χ0v) is 18.0. The number of hydrogen-bond donors (Lipinski definition) is 3. The summed E-state index contributed by atoms with van der Waals surface area (Å²) in [6, 6.07) is 10.2. The van der Waals surface area contributed by atoms with E-state index < -0.39 is 11.8 Å². The third kappa shape index (κ3) is 6.55. The lowest BCUT2D eigenvalue weighted by molar-refractivity contribution is -0.932. The molecule has 0 aliphatic carbocycles. The Morgan fingerprint density at radius 1 is 1.10 bits per heavy atom. The van der Waals surface area contributed by atoms with Crippen LogP contribution in [0.5, 0.6) is 0 Å². The molecule has 1 aromatic carbocycles. The SMILES string of the molecule is CCCCCNC(=O)C(=O)NC[C@@H](c1ccco1)[NH+]1CCN(c2ccc(F)cc2)CC1. The molecule has 31 heavy (non-hydrogen) atoms. The van der Waals surface area contributed by atoms with Crippen LogP contribution in [0, 0.1) is 5.82 Å². The fourth-order valence-electron chi connectivity index (χ4n) is 3.92. The summed E-state index contributed by atoms with van der Waals surface area (Å²) >= 11 is 0. The van der Waals surface area contributed by atoms with E-state index in [4.69, 9.17) is 4.42 Å². The summed E-state index contributed by atoms with van der Waals surface area (Å²) < 4.78 is 18.8. The van der Waals surface area contributed by atoms with Crippen LogP contribution in [0.15, 0.2) is 47.1 Å². The van der Waals surface area contributed by atoms with E-state index in [1.165, 1.54) is 17.0 Å². The second kappa shape index (κ2) is 11.5. The molecule has 1 saturated heterocycles. The summed E-state index contributed by atoms with van der Waals surface area (Å²) in [5.74, 6) is -0.659. The second-order valence-electron chi connectivity index (χ2n) is 7.86. The van der Waals surface area contributed by atoms with Gasteiger partial charge in [0.1, 0.15) is 5.82 Å². The van der Waals surface area contributed by atoms with E-state index in [9.17, 15) is 14.0 Å². The fraction of sp³-hybridized carbons (Fsp3) is 0.478. The first-order valence-electron chi connectivity index (χ1n) is 11.0. The Kier molecular flexibility index (Phi) is 8.46. The molecule has 8 heteroatoms. The van der Waals surface area contributed by atoms with E-state index in [1.807, 2.05) is 12.1 Å². The van der Waals surface area contributed by atoms with E-state index in [0.717, 1.165) is 56.9 Å². The minimum absolute atomic E-state index is 0.0813. The van der Waals surface area contributed by atoms with Gasteiger partial charge in [-0.25, -0.2) is 4.39 Å². The van der Waals surface area contributed by atoms with E-state index in [-0.39, 0.29) is 11.9 Å². The van der Waals surface area contributed by atoms with Gasteiger partial charge in [0.15, 0.2) is 11.8 Å². The summed E-state index contributed by atoms with van der Waals surface area (Å²) in [7, 11) is 0. The van der Waals surface area contributed by atoms with Crippen molar-refractivity contribution in [2.24, 2.45) is 0 Å². The van der Waals surface area contributed by atoms with Crippen molar-refractivity contribution in [2.75, 3.05) is 44.2 Å². The van der Waals surface area contributed by atoms with Crippen LogP contribution in [0.25, 0.3) is 0 Å². The van der Waals surface area contributed by atoms with Crippen LogP contribution in [0.2, 0.25) is 0 Å². The molecule has 1 aromatic heterocycles. The second-order valence-corrected chi connectivity index (χ2v) is 7.86. The third-order valence-electron chi connectivity index (χ3n) is 5.72. The number of quaternary nitrogens is 1. The van der Waals surface area contributed by atoms with Crippen LogP contribution >= 0.6 is 0 Å². The third-order valence-corrected chi connectivity index (χ3v) is 5.72. The maximum Gasteiger partial charge on any atom is 0.309 e.